The second-order valence-corrected chi connectivity index (χ2v) is 7.55. The molecule has 1 aromatic heterocycles. The molecule has 34 heavy (non-hydrogen) atoms. The van der Waals surface area contributed by atoms with E-state index in [-0.39, 0.29) is 24.3 Å². The maximum Gasteiger partial charge on any atom is 0.417 e. The quantitative estimate of drug-likeness (QED) is 0.302. The smallest absolute Gasteiger partial charge is 0.417 e. The predicted molar refractivity (Wildman–Crippen MR) is 122 cm³/mol. The Morgan fingerprint density at radius 1 is 0.912 bits per heavy atom. The van der Waals surface area contributed by atoms with E-state index in [1.54, 1.807) is 60.7 Å². The van der Waals surface area contributed by atoms with E-state index >= 15 is 0 Å². The van der Waals surface area contributed by atoms with Gasteiger partial charge >= 0.3 is 12.1 Å². The number of carboxylic acid groups (broad SMARTS) is 1. The van der Waals surface area contributed by atoms with E-state index in [0.29, 0.717) is 29.1 Å². The van der Waals surface area contributed by atoms with Crippen molar-refractivity contribution < 1.29 is 27.8 Å². The third kappa shape index (κ3) is 5.11. The van der Waals surface area contributed by atoms with Crippen LogP contribution in [0, 0.1) is 0 Å². The van der Waals surface area contributed by atoms with Gasteiger partial charge in [0.15, 0.2) is 0 Å². The highest BCUT2D eigenvalue weighted by Gasteiger charge is 2.34. The molecule has 4 aromatic rings. The Bertz CT molecular complexity index is 1280. The van der Waals surface area contributed by atoms with Crippen LogP contribution in [0.15, 0.2) is 84.9 Å². The Labute approximate surface area is 194 Å². The first-order chi connectivity index (χ1) is 16.3. The van der Waals surface area contributed by atoms with Crippen molar-refractivity contribution in [2.75, 3.05) is 6.61 Å². The molecule has 0 amide bonds. The molecule has 8 heteroatoms. The summed E-state index contributed by atoms with van der Waals surface area (Å²) in [5, 5.41) is 13.5. The number of hydrogen-bond donors (Lipinski definition) is 1. The molecule has 0 saturated carbocycles. The van der Waals surface area contributed by atoms with Crippen LogP contribution in [-0.2, 0) is 11.0 Å². The van der Waals surface area contributed by atoms with E-state index in [1.807, 2.05) is 6.07 Å². The third-order valence-electron chi connectivity index (χ3n) is 5.17. The van der Waals surface area contributed by atoms with E-state index in [4.69, 9.17) is 9.84 Å². The van der Waals surface area contributed by atoms with E-state index in [0.717, 1.165) is 6.07 Å². The Morgan fingerprint density at radius 2 is 1.56 bits per heavy atom. The summed E-state index contributed by atoms with van der Waals surface area (Å²) >= 11 is 0. The second-order valence-electron chi connectivity index (χ2n) is 7.55. The number of carboxylic acids is 1. The van der Waals surface area contributed by atoms with Gasteiger partial charge < -0.3 is 9.84 Å². The average molecular weight is 466 g/mol. The van der Waals surface area contributed by atoms with E-state index in [2.05, 4.69) is 5.10 Å². The van der Waals surface area contributed by atoms with Crippen molar-refractivity contribution >= 4 is 5.97 Å². The zero-order valence-corrected chi connectivity index (χ0v) is 18.0. The molecule has 5 nitrogen and oxygen atoms in total. The SMILES string of the molecule is O=C(O)CCCOc1ccccc1-c1cc(-c2ccccc2C(F)(F)F)n(-c2ccccc2)n1. The molecule has 0 saturated heterocycles. The molecule has 0 bridgehead atoms. The number of aliphatic carboxylic acids is 1. The molecule has 0 spiro atoms. The summed E-state index contributed by atoms with van der Waals surface area (Å²) in [7, 11) is 0. The van der Waals surface area contributed by atoms with Gasteiger partial charge in [0.25, 0.3) is 0 Å². The van der Waals surface area contributed by atoms with Crippen molar-refractivity contribution in [1.82, 2.24) is 9.78 Å². The molecule has 4 rings (SSSR count). The maximum absolute atomic E-state index is 13.8. The lowest BCUT2D eigenvalue weighted by atomic mass is 10.0. The van der Waals surface area contributed by atoms with Crippen molar-refractivity contribution in [3.63, 3.8) is 0 Å². The van der Waals surface area contributed by atoms with Crippen LogP contribution in [-0.4, -0.2) is 27.5 Å². The van der Waals surface area contributed by atoms with Crippen LogP contribution in [0.1, 0.15) is 18.4 Å². The Balaban J connectivity index is 1.81. The fraction of sp³-hybridized carbons (Fsp3) is 0.154. The molecule has 0 aliphatic heterocycles. The lowest BCUT2D eigenvalue weighted by Gasteiger charge is -2.14. The molecule has 0 unspecified atom stereocenters. The van der Waals surface area contributed by atoms with Crippen LogP contribution >= 0.6 is 0 Å². The summed E-state index contributed by atoms with van der Waals surface area (Å²) < 4.78 is 48.7. The van der Waals surface area contributed by atoms with E-state index in [9.17, 15) is 18.0 Å². The number of aromatic nitrogens is 2. The number of ether oxygens (including phenoxy) is 1. The Hall–Kier alpha value is -4.07. The summed E-state index contributed by atoms with van der Waals surface area (Å²) in [6.45, 7) is 0.187. The van der Waals surface area contributed by atoms with Gasteiger partial charge in [-0.15, -0.1) is 0 Å². The molecule has 174 valence electrons. The first-order valence-corrected chi connectivity index (χ1v) is 10.6. The lowest BCUT2D eigenvalue weighted by Crippen LogP contribution is -2.08. The molecule has 1 N–H and O–H groups in total. The second kappa shape index (κ2) is 9.82. The standard InChI is InChI=1S/C26H21F3N2O3/c27-26(28,29)21-13-6-4-11-19(21)23-17-22(30-31(23)18-9-2-1-3-10-18)20-12-5-7-14-24(20)34-16-8-15-25(32)33/h1-7,9-14,17H,8,15-16H2,(H,32,33). The summed E-state index contributed by atoms with van der Waals surface area (Å²) in [6, 6.07) is 23.0. The highest BCUT2D eigenvalue weighted by molar-refractivity contribution is 5.75. The largest absolute Gasteiger partial charge is 0.493 e. The van der Waals surface area contributed by atoms with Gasteiger partial charge in [-0.3, -0.25) is 4.79 Å². The number of rotatable bonds is 8. The minimum atomic E-state index is -4.53. The third-order valence-corrected chi connectivity index (χ3v) is 5.17. The highest BCUT2D eigenvalue weighted by atomic mass is 19.4. The van der Waals surface area contributed by atoms with Crippen LogP contribution < -0.4 is 4.74 Å². The summed E-state index contributed by atoms with van der Waals surface area (Å²) in [5.41, 5.74) is 1.19. The monoisotopic (exact) mass is 466 g/mol. The zero-order chi connectivity index (χ0) is 24.1. The number of para-hydroxylation sites is 2. The van der Waals surface area contributed by atoms with E-state index in [1.165, 1.54) is 16.8 Å². The van der Waals surface area contributed by atoms with Crippen molar-refractivity contribution in [2.45, 2.75) is 19.0 Å². The molecule has 0 aliphatic carbocycles. The van der Waals surface area contributed by atoms with E-state index < -0.39 is 17.7 Å². The normalized spacial score (nSPS) is 11.4. The van der Waals surface area contributed by atoms with Crippen molar-refractivity contribution in [3.8, 4) is 34.0 Å². The van der Waals surface area contributed by atoms with Gasteiger partial charge in [0.2, 0.25) is 0 Å². The molecular weight excluding hydrogens is 445 g/mol. The van der Waals surface area contributed by atoms with Crippen molar-refractivity contribution in [2.24, 2.45) is 0 Å². The topological polar surface area (TPSA) is 64.3 Å². The first kappa shape index (κ1) is 23.1. The van der Waals surface area contributed by atoms with Gasteiger partial charge in [0.1, 0.15) is 5.75 Å². The summed E-state index contributed by atoms with van der Waals surface area (Å²) in [5.74, 6) is -0.437. The summed E-state index contributed by atoms with van der Waals surface area (Å²) in [4.78, 5) is 10.8. The fourth-order valence-corrected chi connectivity index (χ4v) is 3.63. The van der Waals surface area contributed by atoms with Gasteiger partial charge in [-0.2, -0.15) is 18.3 Å². The van der Waals surface area contributed by atoms with Gasteiger partial charge in [-0.1, -0.05) is 48.5 Å². The molecule has 3 aromatic carbocycles. The highest BCUT2D eigenvalue weighted by Crippen LogP contribution is 2.40. The van der Waals surface area contributed by atoms with Crippen LogP contribution in [0.25, 0.3) is 28.2 Å². The van der Waals surface area contributed by atoms with Gasteiger partial charge in [0.05, 0.1) is 29.2 Å². The summed E-state index contributed by atoms with van der Waals surface area (Å²) in [6.07, 6.45) is -4.23. The zero-order valence-electron chi connectivity index (χ0n) is 18.0. The van der Waals surface area contributed by atoms with Gasteiger partial charge in [-0.05, 0) is 42.8 Å². The number of carbonyl (C=O) groups is 1. The minimum Gasteiger partial charge on any atom is -0.493 e. The molecule has 0 radical (unpaired) electrons. The number of benzene rings is 3. The molecule has 0 fully saturated rings. The molecular formula is C26H21F3N2O3. The molecule has 0 aliphatic rings. The maximum atomic E-state index is 13.8. The Morgan fingerprint density at radius 3 is 2.26 bits per heavy atom. The van der Waals surface area contributed by atoms with Crippen LogP contribution in [0.3, 0.4) is 0 Å². The number of hydrogen-bond acceptors (Lipinski definition) is 3. The predicted octanol–water partition coefficient (Wildman–Crippen LogP) is 6.47. The number of alkyl halides is 3. The average Bonchev–Trinajstić information content (AvgIpc) is 3.27. The number of halogens is 3. The lowest BCUT2D eigenvalue weighted by molar-refractivity contribution is -0.138. The fourth-order valence-electron chi connectivity index (χ4n) is 3.63. The van der Waals surface area contributed by atoms with Crippen molar-refractivity contribution in [3.05, 3.63) is 90.5 Å². The number of nitrogens with zero attached hydrogens (tertiary/aromatic N) is 2. The molecule has 1 heterocycles. The minimum absolute atomic E-state index is 0.0115. The van der Waals surface area contributed by atoms with Crippen molar-refractivity contribution in [1.29, 1.82) is 0 Å². The Kier molecular flexibility index (Phi) is 6.67. The van der Waals surface area contributed by atoms with Crippen LogP contribution in [0.2, 0.25) is 0 Å². The van der Waals surface area contributed by atoms with Crippen LogP contribution in [0.5, 0.6) is 5.75 Å². The van der Waals surface area contributed by atoms with Gasteiger partial charge in [0, 0.05) is 17.5 Å². The van der Waals surface area contributed by atoms with Gasteiger partial charge in [-0.25, -0.2) is 4.68 Å². The van der Waals surface area contributed by atoms with Crippen LogP contribution in [0.4, 0.5) is 13.2 Å². The first-order valence-electron chi connectivity index (χ1n) is 10.6. The molecule has 0 atom stereocenters.